The molecule has 0 atom stereocenters. The Bertz CT molecular complexity index is 953. The third-order valence-electron chi connectivity index (χ3n) is 4.99. The fourth-order valence-electron chi connectivity index (χ4n) is 3.27. The number of halogens is 1. The SMILES string of the molecule is O=C(NC1CCC1)c1n[nH]c2c1CCN(S(=O)(=O)c1cccc(Cl)c1)C2. The summed E-state index contributed by atoms with van der Waals surface area (Å²) in [6.45, 7) is 0.457. The van der Waals surface area contributed by atoms with Crippen molar-refractivity contribution in [2.24, 2.45) is 0 Å². The average molecular weight is 395 g/mol. The van der Waals surface area contributed by atoms with Crippen LogP contribution in [0.5, 0.6) is 0 Å². The van der Waals surface area contributed by atoms with Crippen molar-refractivity contribution in [2.45, 2.75) is 43.2 Å². The number of carbonyl (C=O) groups excluding carboxylic acids is 1. The zero-order valence-corrected chi connectivity index (χ0v) is 15.6. The number of H-pyrrole nitrogens is 1. The Balaban J connectivity index is 1.54. The third-order valence-corrected chi connectivity index (χ3v) is 7.06. The lowest BCUT2D eigenvalue weighted by Gasteiger charge is -2.27. The van der Waals surface area contributed by atoms with Crippen molar-refractivity contribution >= 4 is 27.5 Å². The topological polar surface area (TPSA) is 95.2 Å². The predicted octanol–water partition coefficient (Wildman–Crippen LogP) is 2.09. The smallest absolute Gasteiger partial charge is 0.272 e. The maximum Gasteiger partial charge on any atom is 0.272 e. The molecule has 7 nitrogen and oxygen atoms in total. The van der Waals surface area contributed by atoms with E-state index in [0.717, 1.165) is 24.8 Å². The van der Waals surface area contributed by atoms with Crippen molar-refractivity contribution in [3.63, 3.8) is 0 Å². The molecule has 1 saturated carbocycles. The lowest BCUT2D eigenvalue weighted by molar-refractivity contribution is 0.0910. The van der Waals surface area contributed by atoms with Crippen LogP contribution in [-0.4, -0.2) is 41.4 Å². The van der Waals surface area contributed by atoms with E-state index in [4.69, 9.17) is 11.6 Å². The van der Waals surface area contributed by atoms with Crippen LogP contribution in [0, 0.1) is 0 Å². The number of nitrogens with one attached hydrogen (secondary N) is 2. The highest BCUT2D eigenvalue weighted by Gasteiger charge is 2.33. The molecule has 1 aliphatic heterocycles. The number of aromatic nitrogens is 2. The molecule has 2 N–H and O–H groups in total. The first-order chi connectivity index (χ1) is 12.4. The van der Waals surface area contributed by atoms with Gasteiger partial charge >= 0.3 is 0 Å². The molecule has 1 amide bonds. The summed E-state index contributed by atoms with van der Waals surface area (Å²) >= 11 is 5.92. The number of carbonyl (C=O) groups is 1. The minimum absolute atomic E-state index is 0.161. The minimum Gasteiger partial charge on any atom is -0.348 e. The molecule has 4 rings (SSSR count). The lowest BCUT2D eigenvalue weighted by Crippen LogP contribution is -2.40. The van der Waals surface area contributed by atoms with Gasteiger partial charge in [-0.25, -0.2) is 8.42 Å². The van der Waals surface area contributed by atoms with E-state index >= 15 is 0 Å². The first-order valence-corrected chi connectivity index (χ1v) is 10.4. The largest absolute Gasteiger partial charge is 0.348 e. The van der Waals surface area contributed by atoms with Gasteiger partial charge in [-0.05, 0) is 43.9 Å². The molecular weight excluding hydrogens is 376 g/mol. The van der Waals surface area contributed by atoms with Crippen molar-refractivity contribution in [3.05, 3.63) is 46.2 Å². The van der Waals surface area contributed by atoms with Gasteiger partial charge in [0.2, 0.25) is 10.0 Å². The van der Waals surface area contributed by atoms with E-state index in [2.05, 4.69) is 15.5 Å². The van der Waals surface area contributed by atoms with Crippen LogP contribution in [0.4, 0.5) is 0 Å². The second kappa shape index (κ2) is 6.68. The monoisotopic (exact) mass is 394 g/mol. The summed E-state index contributed by atoms with van der Waals surface area (Å²) in [6.07, 6.45) is 3.59. The highest BCUT2D eigenvalue weighted by molar-refractivity contribution is 7.89. The Morgan fingerprint density at radius 3 is 2.85 bits per heavy atom. The first kappa shape index (κ1) is 17.5. The fraction of sp³-hybridized carbons (Fsp3) is 0.412. The summed E-state index contributed by atoms with van der Waals surface area (Å²) in [4.78, 5) is 12.5. The van der Waals surface area contributed by atoms with Gasteiger partial charge in [0, 0.05) is 23.2 Å². The van der Waals surface area contributed by atoms with Crippen LogP contribution in [0.3, 0.4) is 0 Å². The summed E-state index contributed by atoms with van der Waals surface area (Å²) < 4.78 is 27.1. The molecule has 26 heavy (non-hydrogen) atoms. The van der Waals surface area contributed by atoms with Crippen molar-refractivity contribution < 1.29 is 13.2 Å². The van der Waals surface area contributed by atoms with E-state index in [0.29, 0.717) is 29.4 Å². The van der Waals surface area contributed by atoms with Crippen LogP contribution in [0.2, 0.25) is 5.02 Å². The highest BCUT2D eigenvalue weighted by atomic mass is 35.5. The molecule has 0 spiro atoms. The molecule has 138 valence electrons. The van der Waals surface area contributed by atoms with Crippen molar-refractivity contribution in [3.8, 4) is 0 Å². The fourth-order valence-corrected chi connectivity index (χ4v) is 4.98. The molecule has 1 aromatic carbocycles. The van der Waals surface area contributed by atoms with Gasteiger partial charge in [0.15, 0.2) is 5.69 Å². The molecule has 2 aromatic rings. The summed E-state index contributed by atoms with van der Waals surface area (Å²) in [6, 6.07) is 6.46. The van der Waals surface area contributed by atoms with Gasteiger partial charge in [-0.15, -0.1) is 0 Å². The molecule has 1 aliphatic carbocycles. The number of hydrogen-bond donors (Lipinski definition) is 2. The maximum absolute atomic E-state index is 12.8. The minimum atomic E-state index is -3.65. The third kappa shape index (κ3) is 3.13. The van der Waals surface area contributed by atoms with E-state index in [-0.39, 0.29) is 23.4 Å². The molecule has 9 heteroatoms. The second-order valence-electron chi connectivity index (χ2n) is 6.68. The molecule has 0 bridgehead atoms. The summed E-state index contributed by atoms with van der Waals surface area (Å²) in [5.41, 5.74) is 1.85. The quantitative estimate of drug-likeness (QED) is 0.830. The number of benzene rings is 1. The number of aromatic amines is 1. The second-order valence-corrected chi connectivity index (χ2v) is 9.05. The molecule has 0 unspecified atom stereocenters. The van der Waals surface area contributed by atoms with Gasteiger partial charge in [0.25, 0.3) is 5.91 Å². The van der Waals surface area contributed by atoms with Gasteiger partial charge in [0.1, 0.15) is 0 Å². The molecule has 0 saturated heterocycles. The number of sulfonamides is 1. The summed E-state index contributed by atoms with van der Waals surface area (Å²) in [5, 5.41) is 10.3. The van der Waals surface area contributed by atoms with Gasteiger partial charge in [-0.3, -0.25) is 9.89 Å². The number of fused-ring (bicyclic) bond motifs is 1. The van der Waals surface area contributed by atoms with E-state index in [9.17, 15) is 13.2 Å². The zero-order valence-electron chi connectivity index (χ0n) is 14.0. The number of rotatable bonds is 4. The zero-order chi connectivity index (χ0) is 18.3. The Labute approximate surface area is 156 Å². The van der Waals surface area contributed by atoms with E-state index in [1.807, 2.05) is 0 Å². The number of amides is 1. The van der Waals surface area contributed by atoms with E-state index in [1.54, 1.807) is 12.1 Å². The van der Waals surface area contributed by atoms with E-state index < -0.39 is 10.0 Å². The molecule has 1 fully saturated rings. The van der Waals surface area contributed by atoms with Gasteiger partial charge in [-0.2, -0.15) is 9.40 Å². The number of nitrogens with zero attached hydrogens (tertiary/aromatic N) is 2. The van der Waals surface area contributed by atoms with Crippen LogP contribution >= 0.6 is 11.6 Å². The Hall–Kier alpha value is -1.90. The Kier molecular flexibility index (Phi) is 4.50. The number of hydrogen-bond acceptors (Lipinski definition) is 4. The predicted molar refractivity (Wildman–Crippen MR) is 96.4 cm³/mol. The molecule has 2 aliphatic rings. The first-order valence-electron chi connectivity index (χ1n) is 8.58. The average Bonchev–Trinajstić information content (AvgIpc) is 3.01. The van der Waals surface area contributed by atoms with Gasteiger partial charge in [0.05, 0.1) is 17.1 Å². The maximum atomic E-state index is 12.8. The van der Waals surface area contributed by atoms with Gasteiger partial charge in [-0.1, -0.05) is 17.7 Å². The summed E-state index contributed by atoms with van der Waals surface area (Å²) in [5.74, 6) is -0.182. The Morgan fingerprint density at radius 1 is 1.35 bits per heavy atom. The van der Waals surface area contributed by atoms with Crippen LogP contribution in [0.15, 0.2) is 29.2 Å². The van der Waals surface area contributed by atoms with Gasteiger partial charge < -0.3 is 5.32 Å². The van der Waals surface area contributed by atoms with E-state index in [1.165, 1.54) is 16.4 Å². The standard InChI is InChI=1S/C17H19ClN4O3S/c18-11-3-1-6-13(9-11)26(24,25)22-8-7-14-15(10-22)20-21-16(14)17(23)19-12-4-2-5-12/h1,3,6,9,12H,2,4-5,7-8,10H2,(H,19,23)(H,20,21). The highest BCUT2D eigenvalue weighted by Crippen LogP contribution is 2.27. The van der Waals surface area contributed by atoms with Crippen LogP contribution in [0.25, 0.3) is 0 Å². The molecule has 2 heterocycles. The lowest BCUT2D eigenvalue weighted by atomic mass is 9.93. The van der Waals surface area contributed by atoms with Crippen molar-refractivity contribution in [1.82, 2.24) is 19.8 Å². The molecule has 1 aromatic heterocycles. The molecule has 0 radical (unpaired) electrons. The van der Waals surface area contributed by atoms with Crippen LogP contribution in [0.1, 0.15) is 41.0 Å². The normalized spacial score (nSPS) is 18.2. The van der Waals surface area contributed by atoms with Crippen molar-refractivity contribution in [2.75, 3.05) is 6.54 Å². The summed E-state index contributed by atoms with van der Waals surface area (Å²) in [7, 11) is -3.65. The van der Waals surface area contributed by atoms with Crippen LogP contribution < -0.4 is 5.32 Å². The molecular formula is C17H19ClN4O3S. The Morgan fingerprint density at radius 2 is 2.15 bits per heavy atom. The van der Waals surface area contributed by atoms with Crippen LogP contribution in [-0.2, 0) is 23.0 Å². The van der Waals surface area contributed by atoms with Crippen molar-refractivity contribution in [1.29, 1.82) is 0 Å².